The standard InChI is InChI=1S/C14H18F3NO3S/c1-18(11-4-6-12(19)7-5-11)22(20,21)13-8-2-10(3-9-13)14(15,16)17/h2-3,8-9,11-12,19H,4-7H2,1H3/t11-,12-. The summed E-state index contributed by atoms with van der Waals surface area (Å²) in [5, 5.41) is 9.46. The van der Waals surface area contributed by atoms with Gasteiger partial charge in [-0.25, -0.2) is 8.42 Å². The van der Waals surface area contributed by atoms with Gasteiger partial charge in [-0.1, -0.05) is 0 Å². The summed E-state index contributed by atoms with van der Waals surface area (Å²) in [6.45, 7) is 0. The molecule has 0 atom stereocenters. The summed E-state index contributed by atoms with van der Waals surface area (Å²) < 4.78 is 63.7. The van der Waals surface area contributed by atoms with Gasteiger partial charge < -0.3 is 5.11 Å². The normalized spacial score (nSPS) is 23.7. The molecule has 4 nitrogen and oxygen atoms in total. The van der Waals surface area contributed by atoms with Gasteiger partial charge in [-0.05, 0) is 49.9 Å². The SMILES string of the molecule is CN([C@H]1CC[C@H](O)CC1)S(=O)(=O)c1ccc(C(F)(F)F)cc1. The molecule has 22 heavy (non-hydrogen) atoms. The van der Waals surface area contributed by atoms with E-state index in [0.29, 0.717) is 25.7 Å². The van der Waals surface area contributed by atoms with Crippen LogP contribution in [0.3, 0.4) is 0 Å². The number of rotatable bonds is 3. The van der Waals surface area contributed by atoms with Crippen molar-refractivity contribution in [3.8, 4) is 0 Å². The summed E-state index contributed by atoms with van der Waals surface area (Å²) in [5.74, 6) is 0. The van der Waals surface area contributed by atoms with Gasteiger partial charge in [0.25, 0.3) is 0 Å². The van der Waals surface area contributed by atoms with Gasteiger partial charge in [0, 0.05) is 13.1 Å². The lowest BCUT2D eigenvalue weighted by atomic mass is 9.93. The predicted molar refractivity (Wildman–Crippen MR) is 74.7 cm³/mol. The lowest BCUT2D eigenvalue weighted by Gasteiger charge is -2.32. The van der Waals surface area contributed by atoms with E-state index in [4.69, 9.17) is 0 Å². The third-order valence-electron chi connectivity index (χ3n) is 4.04. The maximum atomic E-state index is 12.5. The van der Waals surface area contributed by atoms with Crippen LogP contribution in [0.2, 0.25) is 0 Å². The van der Waals surface area contributed by atoms with E-state index in [1.165, 1.54) is 11.4 Å². The first-order valence-electron chi connectivity index (χ1n) is 6.95. The zero-order chi connectivity index (χ0) is 16.5. The first-order chi connectivity index (χ1) is 10.1. The fourth-order valence-corrected chi connectivity index (χ4v) is 4.02. The van der Waals surface area contributed by atoms with Gasteiger partial charge in [0.1, 0.15) is 0 Å². The van der Waals surface area contributed by atoms with Crippen molar-refractivity contribution in [2.45, 2.75) is 48.9 Å². The second kappa shape index (κ2) is 6.17. The smallest absolute Gasteiger partial charge is 0.393 e. The molecule has 124 valence electrons. The van der Waals surface area contributed by atoms with Crippen LogP contribution in [-0.2, 0) is 16.2 Å². The molecule has 1 aromatic rings. The molecule has 0 aliphatic heterocycles. The summed E-state index contributed by atoms with van der Waals surface area (Å²) in [4.78, 5) is -0.158. The number of sulfonamides is 1. The Hall–Kier alpha value is -1.12. The summed E-state index contributed by atoms with van der Waals surface area (Å²) >= 11 is 0. The van der Waals surface area contributed by atoms with Crippen molar-refractivity contribution in [3.05, 3.63) is 29.8 Å². The molecule has 0 aromatic heterocycles. The maximum absolute atomic E-state index is 12.5. The molecule has 1 aliphatic carbocycles. The van der Waals surface area contributed by atoms with Gasteiger partial charge in [0.05, 0.1) is 16.6 Å². The predicted octanol–water partition coefficient (Wildman–Crippen LogP) is 2.63. The van der Waals surface area contributed by atoms with Crippen molar-refractivity contribution < 1.29 is 26.7 Å². The van der Waals surface area contributed by atoms with Gasteiger partial charge in [-0.3, -0.25) is 0 Å². The zero-order valence-electron chi connectivity index (χ0n) is 12.0. The van der Waals surface area contributed by atoms with Crippen LogP contribution < -0.4 is 0 Å². The summed E-state index contributed by atoms with van der Waals surface area (Å²) in [6.07, 6.45) is -2.77. The van der Waals surface area contributed by atoms with Crippen LogP contribution in [0.15, 0.2) is 29.2 Å². The quantitative estimate of drug-likeness (QED) is 0.922. The molecule has 0 saturated heterocycles. The largest absolute Gasteiger partial charge is 0.416 e. The minimum atomic E-state index is -4.49. The maximum Gasteiger partial charge on any atom is 0.416 e. The van der Waals surface area contributed by atoms with Gasteiger partial charge in [-0.2, -0.15) is 17.5 Å². The molecule has 0 heterocycles. The van der Waals surface area contributed by atoms with Gasteiger partial charge in [0.2, 0.25) is 10.0 Å². The molecule has 0 radical (unpaired) electrons. The van der Waals surface area contributed by atoms with E-state index in [9.17, 15) is 26.7 Å². The van der Waals surface area contributed by atoms with Gasteiger partial charge in [-0.15, -0.1) is 0 Å². The number of alkyl halides is 3. The number of aliphatic hydroxyl groups is 1. The number of hydrogen-bond donors (Lipinski definition) is 1. The highest BCUT2D eigenvalue weighted by Gasteiger charge is 2.33. The number of hydrogen-bond acceptors (Lipinski definition) is 3. The van der Waals surface area contributed by atoms with E-state index in [-0.39, 0.29) is 10.9 Å². The first kappa shape index (κ1) is 17.2. The number of benzene rings is 1. The number of nitrogens with zero attached hydrogens (tertiary/aromatic N) is 1. The first-order valence-corrected chi connectivity index (χ1v) is 8.40. The van der Waals surface area contributed by atoms with Gasteiger partial charge >= 0.3 is 6.18 Å². The monoisotopic (exact) mass is 337 g/mol. The third kappa shape index (κ3) is 3.61. The Morgan fingerprint density at radius 3 is 2.05 bits per heavy atom. The fraction of sp³-hybridized carbons (Fsp3) is 0.571. The van der Waals surface area contributed by atoms with E-state index >= 15 is 0 Å². The molecule has 1 saturated carbocycles. The van der Waals surface area contributed by atoms with Crippen molar-refractivity contribution >= 4 is 10.0 Å². The topological polar surface area (TPSA) is 57.6 Å². The summed E-state index contributed by atoms with van der Waals surface area (Å²) in [5.41, 5.74) is -0.880. The van der Waals surface area contributed by atoms with Crippen molar-refractivity contribution in [3.63, 3.8) is 0 Å². The van der Waals surface area contributed by atoms with Crippen molar-refractivity contribution in [1.82, 2.24) is 4.31 Å². The van der Waals surface area contributed by atoms with Crippen molar-refractivity contribution in [2.75, 3.05) is 7.05 Å². The van der Waals surface area contributed by atoms with Gasteiger partial charge in [0.15, 0.2) is 0 Å². The summed E-state index contributed by atoms with van der Waals surface area (Å²) in [7, 11) is -2.41. The molecule has 2 rings (SSSR count). The average molecular weight is 337 g/mol. The molecule has 0 spiro atoms. The lowest BCUT2D eigenvalue weighted by molar-refractivity contribution is -0.137. The summed E-state index contributed by atoms with van der Waals surface area (Å²) in [6, 6.07) is 3.26. The van der Waals surface area contributed by atoms with Crippen LogP contribution in [0.25, 0.3) is 0 Å². The van der Waals surface area contributed by atoms with E-state index in [0.717, 1.165) is 24.3 Å². The van der Waals surface area contributed by atoms with E-state index in [1.54, 1.807) is 0 Å². The van der Waals surface area contributed by atoms with Crippen LogP contribution >= 0.6 is 0 Å². The Morgan fingerprint density at radius 1 is 1.09 bits per heavy atom. The Balaban J connectivity index is 2.19. The highest BCUT2D eigenvalue weighted by Crippen LogP contribution is 2.31. The third-order valence-corrected chi connectivity index (χ3v) is 5.96. The second-order valence-electron chi connectivity index (χ2n) is 5.51. The highest BCUT2D eigenvalue weighted by atomic mass is 32.2. The van der Waals surface area contributed by atoms with Crippen LogP contribution in [0, 0.1) is 0 Å². The second-order valence-corrected chi connectivity index (χ2v) is 7.50. The van der Waals surface area contributed by atoms with Crippen LogP contribution in [0.1, 0.15) is 31.2 Å². The van der Waals surface area contributed by atoms with Crippen LogP contribution in [0.5, 0.6) is 0 Å². The van der Waals surface area contributed by atoms with Crippen LogP contribution in [-0.4, -0.2) is 37.0 Å². The van der Waals surface area contributed by atoms with Crippen molar-refractivity contribution in [1.29, 1.82) is 0 Å². The fourth-order valence-electron chi connectivity index (χ4n) is 2.60. The molecular weight excluding hydrogens is 319 g/mol. The number of aliphatic hydroxyl groups excluding tert-OH is 1. The molecule has 1 fully saturated rings. The van der Waals surface area contributed by atoms with E-state index in [2.05, 4.69) is 0 Å². The minimum Gasteiger partial charge on any atom is -0.393 e. The molecule has 1 aromatic carbocycles. The van der Waals surface area contributed by atoms with Crippen molar-refractivity contribution in [2.24, 2.45) is 0 Å². The van der Waals surface area contributed by atoms with E-state index in [1.807, 2.05) is 0 Å². The number of halogens is 3. The lowest BCUT2D eigenvalue weighted by Crippen LogP contribution is -2.40. The molecule has 0 bridgehead atoms. The Morgan fingerprint density at radius 2 is 1.59 bits per heavy atom. The van der Waals surface area contributed by atoms with E-state index < -0.39 is 27.9 Å². The molecule has 1 N–H and O–H groups in total. The average Bonchev–Trinajstić information content (AvgIpc) is 2.46. The highest BCUT2D eigenvalue weighted by molar-refractivity contribution is 7.89. The molecule has 8 heteroatoms. The molecule has 1 aliphatic rings. The minimum absolute atomic E-state index is 0.158. The Kier molecular flexibility index (Phi) is 4.84. The Bertz CT molecular complexity index is 605. The molecular formula is C14H18F3NO3S. The molecule has 0 unspecified atom stereocenters. The Labute approximate surface area is 127 Å². The molecule has 0 amide bonds. The van der Waals surface area contributed by atoms with Crippen LogP contribution in [0.4, 0.5) is 13.2 Å². The zero-order valence-corrected chi connectivity index (χ0v) is 12.9.